The molecule has 17 heteroatoms. The van der Waals surface area contributed by atoms with Gasteiger partial charge in [0.2, 0.25) is 23.6 Å². The summed E-state index contributed by atoms with van der Waals surface area (Å²) in [5.41, 5.74) is 5.41. The Balaban J connectivity index is 0.845. The number of fused-ring (bicyclic) bond motifs is 4. The van der Waals surface area contributed by atoms with E-state index in [1.54, 1.807) is 29.5 Å². The van der Waals surface area contributed by atoms with Gasteiger partial charge in [-0.1, -0.05) is 29.8 Å². The first-order valence-electron chi connectivity index (χ1n) is 18.5. The Labute approximate surface area is 332 Å². The van der Waals surface area contributed by atoms with Crippen molar-refractivity contribution in [1.29, 1.82) is 0 Å². The normalized spacial score (nSPS) is 17.5. The summed E-state index contributed by atoms with van der Waals surface area (Å²) in [4.78, 5) is 70.8. The number of aromatic nitrogens is 3. The van der Waals surface area contributed by atoms with Gasteiger partial charge in [0.25, 0.3) is 5.91 Å². The van der Waals surface area contributed by atoms with E-state index in [-0.39, 0.29) is 55.9 Å². The lowest BCUT2D eigenvalue weighted by atomic mass is 9.99. The zero-order valence-corrected chi connectivity index (χ0v) is 32.8. The molecule has 292 valence electrons. The summed E-state index contributed by atoms with van der Waals surface area (Å²) in [5, 5.41) is 21.7. The molecule has 5 amide bonds. The molecule has 0 spiro atoms. The smallest absolute Gasteiger partial charge is 0.255 e. The van der Waals surface area contributed by atoms with E-state index < -0.39 is 18.0 Å². The monoisotopic (exact) mass is 799 g/mol. The fourth-order valence-corrected chi connectivity index (χ4v) is 8.47. The Kier molecular flexibility index (Phi) is 11.7. The molecule has 5 heterocycles. The maximum Gasteiger partial charge on any atom is 0.255 e. The van der Waals surface area contributed by atoms with Gasteiger partial charge in [-0.15, -0.1) is 21.5 Å². The largest absolute Gasteiger partial charge is 0.378 e. The highest BCUT2D eigenvalue weighted by Gasteiger charge is 2.40. The SMILES string of the molecule is Cc1sc2c(c1C)C(c1ccc(Cl)cc1)=N[C@@H](CC(=O)NCCOCCNCCC(=O)Nc1cccc3c1CN(C1CCC(=O)NC1=O)C3=O)c1nnc(C)n1-2. The van der Waals surface area contributed by atoms with E-state index in [9.17, 15) is 24.0 Å². The zero-order chi connectivity index (χ0) is 39.5. The summed E-state index contributed by atoms with van der Waals surface area (Å²) < 4.78 is 7.72. The lowest BCUT2D eigenvalue weighted by Crippen LogP contribution is -2.52. The summed E-state index contributed by atoms with van der Waals surface area (Å²) in [5.74, 6) is -0.214. The Bertz CT molecular complexity index is 2230. The highest BCUT2D eigenvalue weighted by molar-refractivity contribution is 7.15. The first-order chi connectivity index (χ1) is 27.0. The van der Waals surface area contributed by atoms with E-state index in [4.69, 9.17) is 21.3 Å². The van der Waals surface area contributed by atoms with Crippen molar-refractivity contribution in [2.75, 3.05) is 38.2 Å². The summed E-state index contributed by atoms with van der Waals surface area (Å²) in [6.45, 7) is 8.13. The van der Waals surface area contributed by atoms with Gasteiger partial charge in [0.05, 0.1) is 25.3 Å². The van der Waals surface area contributed by atoms with Crippen molar-refractivity contribution in [1.82, 2.24) is 35.6 Å². The molecule has 3 aliphatic heterocycles. The standard InChI is InChI=1S/C39H42ClN9O6S/c1-21-22(2)56-39-34(21)35(24-7-9-25(40)10-8-24)44-29(36-47-46-23(3)49(36)39)19-33(52)42-16-18-55-17-15-41-14-13-32(51)43-28-6-4-5-26-27(28)20-48(38(26)54)30-11-12-31(50)45-37(30)53/h4-10,29-30,41H,11-20H2,1-3H3,(H,42,52)(H,43,51)(H,45,50,53)/t29-,30?/m0/s1. The third kappa shape index (κ3) is 8.14. The van der Waals surface area contributed by atoms with Crippen LogP contribution >= 0.6 is 22.9 Å². The summed E-state index contributed by atoms with van der Waals surface area (Å²) in [6, 6.07) is 11.3. The van der Waals surface area contributed by atoms with Crippen LogP contribution in [0.15, 0.2) is 47.5 Å². The minimum absolute atomic E-state index is 0.0754. The number of thiophene rings is 1. The molecule has 0 bridgehead atoms. The van der Waals surface area contributed by atoms with Crippen molar-refractivity contribution in [3.05, 3.63) is 91.8 Å². The molecule has 1 saturated heterocycles. The second-order valence-electron chi connectivity index (χ2n) is 13.9. The molecule has 2 aromatic heterocycles. The lowest BCUT2D eigenvalue weighted by molar-refractivity contribution is -0.137. The number of imide groups is 1. The van der Waals surface area contributed by atoms with Crippen molar-refractivity contribution < 1.29 is 28.7 Å². The van der Waals surface area contributed by atoms with Gasteiger partial charge in [-0.25, -0.2) is 0 Å². The van der Waals surface area contributed by atoms with E-state index in [1.807, 2.05) is 35.8 Å². The predicted molar refractivity (Wildman–Crippen MR) is 210 cm³/mol. The van der Waals surface area contributed by atoms with Crippen LogP contribution < -0.4 is 21.3 Å². The maximum atomic E-state index is 13.2. The summed E-state index contributed by atoms with van der Waals surface area (Å²) in [7, 11) is 0. The second kappa shape index (κ2) is 16.8. The molecular weight excluding hydrogens is 758 g/mol. The molecule has 4 N–H and O–H groups in total. The number of nitrogens with one attached hydrogen (secondary N) is 4. The molecule has 4 aromatic rings. The number of hydrogen-bond acceptors (Lipinski definition) is 11. The van der Waals surface area contributed by atoms with Crippen LogP contribution in [-0.4, -0.2) is 93.8 Å². The Morgan fingerprint density at radius 2 is 1.79 bits per heavy atom. The number of rotatable bonds is 14. The fraction of sp³-hybridized carbons (Fsp3) is 0.385. The van der Waals surface area contributed by atoms with E-state index >= 15 is 0 Å². The molecule has 0 aliphatic carbocycles. The second-order valence-corrected chi connectivity index (χ2v) is 15.5. The minimum atomic E-state index is -0.729. The van der Waals surface area contributed by atoms with Gasteiger partial charge < -0.3 is 25.6 Å². The maximum absolute atomic E-state index is 13.2. The third-order valence-corrected chi connectivity index (χ3v) is 11.6. The number of benzene rings is 2. The average Bonchev–Trinajstić information content (AvgIpc) is 3.78. The van der Waals surface area contributed by atoms with E-state index in [0.29, 0.717) is 60.5 Å². The van der Waals surface area contributed by atoms with Crippen LogP contribution in [0.3, 0.4) is 0 Å². The van der Waals surface area contributed by atoms with Crippen LogP contribution in [0.25, 0.3) is 5.00 Å². The van der Waals surface area contributed by atoms with Crippen molar-refractivity contribution in [3.63, 3.8) is 0 Å². The van der Waals surface area contributed by atoms with Crippen LogP contribution in [0, 0.1) is 20.8 Å². The molecule has 56 heavy (non-hydrogen) atoms. The molecule has 15 nitrogen and oxygen atoms in total. The highest BCUT2D eigenvalue weighted by Crippen LogP contribution is 2.39. The van der Waals surface area contributed by atoms with Gasteiger partial charge in [0.15, 0.2) is 5.82 Å². The molecule has 2 atom stereocenters. The molecule has 3 aliphatic rings. The van der Waals surface area contributed by atoms with Crippen LogP contribution in [0.5, 0.6) is 0 Å². The van der Waals surface area contributed by atoms with Gasteiger partial charge in [-0.2, -0.15) is 0 Å². The number of ether oxygens (including phenoxy) is 1. The number of carbonyl (C=O) groups is 5. The molecule has 0 saturated carbocycles. The lowest BCUT2D eigenvalue weighted by Gasteiger charge is -2.29. The average molecular weight is 800 g/mol. The minimum Gasteiger partial charge on any atom is -0.378 e. The summed E-state index contributed by atoms with van der Waals surface area (Å²) >= 11 is 7.87. The molecular formula is C39H42ClN9O6S. The van der Waals surface area contributed by atoms with Crippen molar-refractivity contribution in [3.8, 4) is 5.00 Å². The quantitative estimate of drug-likeness (QED) is 0.109. The number of hydrogen-bond donors (Lipinski definition) is 4. The topological polar surface area (TPSA) is 189 Å². The van der Waals surface area contributed by atoms with Crippen LogP contribution in [0.2, 0.25) is 5.02 Å². The van der Waals surface area contributed by atoms with Crippen molar-refractivity contribution in [2.45, 2.75) is 65.1 Å². The van der Waals surface area contributed by atoms with Gasteiger partial charge in [0.1, 0.15) is 22.9 Å². The number of piperidine rings is 1. The first kappa shape index (κ1) is 39.0. The molecule has 1 unspecified atom stereocenters. The predicted octanol–water partition coefficient (Wildman–Crippen LogP) is 3.70. The third-order valence-electron chi connectivity index (χ3n) is 10.1. The molecule has 1 fully saturated rings. The van der Waals surface area contributed by atoms with Crippen LogP contribution in [-0.2, 0) is 30.5 Å². The Morgan fingerprint density at radius 3 is 2.57 bits per heavy atom. The van der Waals surface area contributed by atoms with Crippen molar-refractivity contribution >= 4 is 63.9 Å². The Hall–Kier alpha value is -5.29. The fourth-order valence-electron chi connectivity index (χ4n) is 7.13. The van der Waals surface area contributed by atoms with Gasteiger partial charge in [0, 0.05) is 76.9 Å². The zero-order valence-electron chi connectivity index (χ0n) is 31.2. The first-order valence-corrected chi connectivity index (χ1v) is 19.7. The number of amides is 5. The molecule has 0 radical (unpaired) electrons. The molecule has 7 rings (SSSR count). The molecule has 2 aromatic carbocycles. The summed E-state index contributed by atoms with van der Waals surface area (Å²) in [6.07, 6.45) is 0.697. The van der Waals surface area contributed by atoms with E-state index in [2.05, 4.69) is 45.3 Å². The number of carbonyl (C=O) groups excluding carboxylic acids is 5. The van der Waals surface area contributed by atoms with E-state index in [0.717, 1.165) is 33.2 Å². The van der Waals surface area contributed by atoms with E-state index in [1.165, 1.54) is 9.78 Å². The van der Waals surface area contributed by atoms with Gasteiger partial charge in [-0.3, -0.25) is 38.8 Å². The Morgan fingerprint density at radius 1 is 1.00 bits per heavy atom. The van der Waals surface area contributed by atoms with Gasteiger partial charge in [-0.05, 0) is 57.0 Å². The number of aliphatic imine (C=N–C) groups is 1. The highest BCUT2D eigenvalue weighted by atomic mass is 35.5. The number of aryl methyl sites for hydroxylation is 2. The van der Waals surface area contributed by atoms with Crippen LogP contribution in [0.1, 0.15) is 80.9 Å². The van der Waals surface area contributed by atoms with Gasteiger partial charge >= 0.3 is 0 Å². The number of halogens is 1. The van der Waals surface area contributed by atoms with Crippen molar-refractivity contribution in [2.24, 2.45) is 4.99 Å². The number of anilines is 1. The number of nitrogens with zero attached hydrogens (tertiary/aromatic N) is 5. The van der Waals surface area contributed by atoms with Crippen LogP contribution in [0.4, 0.5) is 5.69 Å².